The minimum absolute atomic E-state index is 0.0682. The van der Waals surface area contributed by atoms with Crippen molar-refractivity contribution in [2.75, 3.05) is 37.6 Å². The summed E-state index contributed by atoms with van der Waals surface area (Å²) < 4.78 is 15.1. The number of nitrogens with zero attached hydrogens (tertiary/aromatic N) is 6. The molecule has 3 heterocycles. The van der Waals surface area contributed by atoms with Crippen molar-refractivity contribution in [3.63, 3.8) is 0 Å². The second kappa shape index (κ2) is 8.10. The van der Waals surface area contributed by atoms with Crippen molar-refractivity contribution in [1.82, 2.24) is 24.6 Å². The number of aromatic nitrogens is 4. The summed E-state index contributed by atoms with van der Waals surface area (Å²) in [4.78, 5) is 25.4. The standard InChI is InChI=1S/C22H27FN6O/c1-22(2,3)19-6-7-20(30)29(26-19)13-10-27-8-11-28(12-9-27)21-17-5-4-16(23)14-18(17)24-15-25-21/h4-7,14-15H,8-13H2,1-3H3. The molecule has 0 aliphatic carbocycles. The van der Waals surface area contributed by atoms with E-state index in [9.17, 15) is 9.18 Å². The molecule has 1 aliphatic rings. The molecule has 1 saturated heterocycles. The van der Waals surface area contributed by atoms with Gasteiger partial charge in [-0.25, -0.2) is 19.0 Å². The summed E-state index contributed by atoms with van der Waals surface area (Å²) in [5, 5.41) is 5.41. The third-order valence-electron chi connectivity index (χ3n) is 5.51. The molecule has 0 unspecified atom stereocenters. The maximum Gasteiger partial charge on any atom is 0.266 e. The molecule has 2 aromatic heterocycles. The highest BCUT2D eigenvalue weighted by molar-refractivity contribution is 5.89. The van der Waals surface area contributed by atoms with Gasteiger partial charge < -0.3 is 4.90 Å². The third kappa shape index (κ3) is 4.33. The number of halogens is 1. The molecular formula is C22H27FN6O. The molecule has 158 valence electrons. The van der Waals surface area contributed by atoms with Gasteiger partial charge in [-0.1, -0.05) is 20.8 Å². The van der Waals surface area contributed by atoms with Gasteiger partial charge in [-0.2, -0.15) is 5.10 Å². The van der Waals surface area contributed by atoms with Crippen molar-refractivity contribution in [3.05, 3.63) is 58.5 Å². The summed E-state index contributed by atoms with van der Waals surface area (Å²) in [6.07, 6.45) is 1.49. The van der Waals surface area contributed by atoms with Gasteiger partial charge in [0.05, 0.1) is 17.8 Å². The number of fused-ring (bicyclic) bond motifs is 1. The number of rotatable bonds is 4. The van der Waals surface area contributed by atoms with Crippen LogP contribution in [0.25, 0.3) is 10.9 Å². The molecule has 3 aromatic rings. The predicted octanol–water partition coefficient (Wildman–Crippen LogP) is 2.45. The Labute approximate surface area is 175 Å². The van der Waals surface area contributed by atoms with Crippen LogP contribution in [0, 0.1) is 5.82 Å². The predicted molar refractivity (Wildman–Crippen MR) is 115 cm³/mol. The van der Waals surface area contributed by atoms with E-state index >= 15 is 0 Å². The number of hydrogen-bond acceptors (Lipinski definition) is 6. The monoisotopic (exact) mass is 410 g/mol. The minimum atomic E-state index is -0.295. The highest BCUT2D eigenvalue weighted by Gasteiger charge is 2.21. The van der Waals surface area contributed by atoms with Crippen LogP contribution in [0.4, 0.5) is 10.2 Å². The molecule has 1 aliphatic heterocycles. The topological polar surface area (TPSA) is 67.2 Å². The van der Waals surface area contributed by atoms with Gasteiger partial charge in [0.25, 0.3) is 5.56 Å². The zero-order chi connectivity index (χ0) is 21.3. The number of benzene rings is 1. The van der Waals surface area contributed by atoms with E-state index in [1.807, 2.05) is 6.07 Å². The highest BCUT2D eigenvalue weighted by atomic mass is 19.1. The molecule has 8 heteroatoms. The van der Waals surface area contributed by atoms with Crippen LogP contribution in [0.15, 0.2) is 41.5 Å². The molecule has 0 spiro atoms. The Hall–Kier alpha value is -2.87. The van der Waals surface area contributed by atoms with Crippen LogP contribution in [0.1, 0.15) is 26.5 Å². The molecule has 0 N–H and O–H groups in total. The summed E-state index contributed by atoms with van der Waals surface area (Å²) in [5.74, 6) is 0.548. The minimum Gasteiger partial charge on any atom is -0.353 e. The Morgan fingerprint density at radius 3 is 2.50 bits per heavy atom. The third-order valence-corrected chi connectivity index (χ3v) is 5.51. The van der Waals surface area contributed by atoms with Crippen LogP contribution < -0.4 is 10.5 Å². The maximum atomic E-state index is 13.5. The van der Waals surface area contributed by atoms with Gasteiger partial charge in [0.2, 0.25) is 0 Å². The van der Waals surface area contributed by atoms with Gasteiger partial charge in [0, 0.05) is 55.7 Å². The molecule has 7 nitrogen and oxygen atoms in total. The van der Waals surface area contributed by atoms with E-state index in [1.165, 1.54) is 18.5 Å². The van der Waals surface area contributed by atoms with Crippen molar-refractivity contribution in [3.8, 4) is 0 Å². The molecule has 0 radical (unpaired) electrons. The molecule has 4 rings (SSSR count). The van der Waals surface area contributed by atoms with E-state index in [0.717, 1.165) is 49.6 Å². The second-order valence-electron chi connectivity index (χ2n) is 8.72. The first-order valence-corrected chi connectivity index (χ1v) is 10.3. The summed E-state index contributed by atoms with van der Waals surface area (Å²) >= 11 is 0. The SMILES string of the molecule is CC(C)(C)c1ccc(=O)n(CCN2CCN(c3ncnc4cc(F)ccc34)CC2)n1. The zero-order valence-corrected chi connectivity index (χ0v) is 17.7. The maximum absolute atomic E-state index is 13.5. The van der Waals surface area contributed by atoms with E-state index in [1.54, 1.807) is 16.8 Å². The first-order valence-electron chi connectivity index (χ1n) is 10.3. The molecule has 30 heavy (non-hydrogen) atoms. The van der Waals surface area contributed by atoms with Crippen LogP contribution in [0.3, 0.4) is 0 Å². The Bertz CT molecular complexity index is 1100. The molecule has 1 fully saturated rings. The van der Waals surface area contributed by atoms with Crippen molar-refractivity contribution in [2.45, 2.75) is 32.7 Å². The Kier molecular flexibility index (Phi) is 5.51. The average Bonchev–Trinajstić information content (AvgIpc) is 2.72. The number of piperazine rings is 1. The fraction of sp³-hybridized carbons (Fsp3) is 0.455. The van der Waals surface area contributed by atoms with Crippen LogP contribution in [0.5, 0.6) is 0 Å². The molecule has 0 atom stereocenters. The van der Waals surface area contributed by atoms with Crippen molar-refractivity contribution >= 4 is 16.7 Å². The normalized spacial score (nSPS) is 15.7. The Morgan fingerprint density at radius 1 is 1.00 bits per heavy atom. The molecule has 1 aromatic carbocycles. The summed E-state index contributed by atoms with van der Waals surface area (Å²) in [5.41, 5.74) is 1.37. The lowest BCUT2D eigenvalue weighted by atomic mass is 9.92. The lowest BCUT2D eigenvalue weighted by molar-refractivity contribution is 0.241. The zero-order valence-electron chi connectivity index (χ0n) is 17.7. The van der Waals surface area contributed by atoms with Gasteiger partial charge in [-0.3, -0.25) is 9.69 Å². The van der Waals surface area contributed by atoms with Gasteiger partial charge in [0.15, 0.2) is 0 Å². The van der Waals surface area contributed by atoms with Gasteiger partial charge >= 0.3 is 0 Å². The highest BCUT2D eigenvalue weighted by Crippen LogP contribution is 2.24. The Balaban J connectivity index is 1.40. The molecular weight excluding hydrogens is 383 g/mol. The second-order valence-corrected chi connectivity index (χ2v) is 8.72. The van der Waals surface area contributed by atoms with Gasteiger partial charge in [0.1, 0.15) is 18.0 Å². The van der Waals surface area contributed by atoms with E-state index in [-0.39, 0.29) is 16.8 Å². The largest absolute Gasteiger partial charge is 0.353 e. The van der Waals surface area contributed by atoms with E-state index in [0.29, 0.717) is 12.1 Å². The van der Waals surface area contributed by atoms with Crippen LogP contribution in [-0.2, 0) is 12.0 Å². The van der Waals surface area contributed by atoms with Crippen molar-refractivity contribution < 1.29 is 4.39 Å². The summed E-state index contributed by atoms with van der Waals surface area (Å²) in [6.45, 7) is 11.0. The van der Waals surface area contributed by atoms with E-state index in [4.69, 9.17) is 0 Å². The molecule has 0 bridgehead atoms. The van der Waals surface area contributed by atoms with Crippen LogP contribution >= 0.6 is 0 Å². The van der Waals surface area contributed by atoms with Crippen LogP contribution in [0.2, 0.25) is 0 Å². The lowest BCUT2D eigenvalue weighted by Gasteiger charge is -2.35. The summed E-state index contributed by atoms with van der Waals surface area (Å²) in [6, 6.07) is 8.05. The van der Waals surface area contributed by atoms with Crippen LogP contribution in [-0.4, -0.2) is 57.4 Å². The fourth-order valence-electron chi connectivity index (χ4n) is 3.70. The van der Waals surface area contributed by atoms with Gasteiger partial charge in [-0.15, -0.1) is 0 Å². The van der Waals surface area contributed by atoms with Crippen molar-refractivity contribution in [1.29, 1.82) is 0 Å². The Morgan fingerprint density at radius 2 is 1.77 bits per heavy atom. The smallest absolute Gasteiger partial charge is 0.266 e. The van der Waals surface area contributed by atoms with E-state index in [2.05, 4.69) is 45.6 Å². The van der Waals surface area contributed by atoms with Gasteiger partial charge in [-0.05, 0) is 18.2 Å². The lowest BCUT2D eigenvalue weighted by Crippen LogP contribution is -2.48. The first-order chi connectivity index (χ1) is 14.3. The first kappa shape index (κ1) is 20.4. The van der Waals surface area contributed by atoms with Crippen molar-refractivity contribution in [2.24, 2.45) is 0 Å². The van der Waals surface area contributed by atoms with E-state index < -0.39 is 0 Å². The fourth-order valence-corrected chi connectivity index (χ4v) is 3.70. The number of hydrogen-bond donors (Lipinski definition) is 0. The molecule has 0 amide bonds. The quantitative estimate of drug-likeness (QED) is 0.658. The average molecular weight is 410 g/mol. The molecule has 0 saturated carbocycles. The number of anilines is 1. The summed E-state index contributed by atoms with van der Waals surface area (Å²) in [7, 11) is 0.